The van der Waals surface area contributed by atoms with Gasteiger partial charge in [-0.3, -0.25) is 4.79 Å². The van der Waals surface area contributed by atoms with E-state index >= 15 is 0 Å². The molecular formula is C24H30FN3O7. The van der Waals surface area contributed by atoms with Gasteiger partial charge in [-0.05, 0) is 48.2 Å². The highest BCUT2D eigenvalue weighted by Crippen LogP contribution is 2.38. The van der Waals surface area contributed by atoms with Gasteiger partial charge in [-0.2, -0.15) is 0 Å². The molecule has 0 saturated carbocycles. The fraction of sp³-hybridized carbons (Fsp3) is 0.375. The standard InChI is InChI=1S/C24H30FN3O7/c1-32-18-8-7-14(5-6-15-10-19(33-2)22(35-4)20(11-15)34-3)9-17(18)26-21(29)13-28-12-16(25)23(30)27-24(28)31/h7-12,23-24,27,30-31H,5-6,13H2,1-4H3,(H,26,29). The number of nitrogens with zero attached hydrogens (tertiary/aromatic N) is 1. The molecule has 2 unspecified atom stereocenters. The Labute approximate surface area is 202 Å². The quantitative estimate of drug-likeness (QED) is 0.394. The minimum Gasteiger partial charge on any atom is -0.495 e. The zero-order valence-corrected chi connectivity index (χ0v) is 20.0. The summed E-state index contributed by atoms with van der Waals surface area (Å²) < 4.78 is 35.2. The summed E-state index contributed by atoms with van der Waals surface area (Å²) in [5.74, 6) is 0.686. The lowest BCUT2D eigenvalue weighted by Crippen LogP contribution is -2.53. The van der Waals surface area contributed by atoms with Crippen molar-refractivity contribution in [1.29, 1.82) is 0 Å². The van der Waals surface area contributed by atoms with Crippen molar-refractivity contribution in [2.75, 3.05) is 40.3 Å². The number of methoxy groups -OCH3 is 4. The van der Waals surface area contributed by atoms with Crippen LogP contribution in [-0.4, -0.2) is 68.6 Å². The van der Waals surface area contributed by atoms with Gasteiger partial charge in [0.25, 0.3) is 0 Å². The molecular weight excluding hydrogens is 461 g/mol. The molecule has 0 bridgehead atoms. The number of rotatable bonds is 10. The maximum Gasteiger partial charge on any atom is 0.244 e. The second-order valence-corrected chi connectivity index (χ2v) is 7.75. The highest BCUT2D eigenvalue weighted by atomic mass is 19.1. The van der Waals surface area contributed by atoms with Crippen LogP contribution in [0.15, 0.2) is 42.4 Å². The van der Waals surface area contributed by atoms with Gasteiger partial charge in [0.1, 0.15) is 12.3 Å². The molecule has 190 valence electrons. The van der Waals surface area contributed by atoms with E-state index in [2.05, 4.69) is 10.6 Å². The van der Waals surface area contributed by atoms with Crippen molar-refractivity contribution in [3.8, 4) is 23.0 Å². The first-order chi connectivity index (χ1) is 16.8. The topological polar surface area (TPSA) is 122 Å². The van der Waals surface area contributed by atoms with E-state index < -0.39 is 24.3 Å². The molecule has 1 amide bonds. The summed E-state index contributed by atoms with van der Waals surface area (Å²) in [5, 5.41) is 24.2. The van der Waals surface area contributed by atoms with Gasteiger partial charge in [-0.1, -0.05) is 6.07 Å². The summed E-state index contributed by atoms with van der Waals surface area (Å²) in [6.45, 7) is -0.354. The number of hydrogen-bond acceptors (Lipinski definition) is 9. The lowest BCUT2D eigenvalue weighted by Gasteiger charge is -2.32. The predicted octanol–water partition coefficient (Wildman–Crippen LogP) is 1.76. The molecule has 0 saturated heterocycles. The maximum atomic E-state index is 13.6. The van der Waals surface area contributed by atoms with Gasteiger partial charge >= 0.3 is 0 Å². The largest absolute Gasteiger partial charge is 0.495 e. The number of halogens is 1. The number of benzene rings is 2. The average molecular weight is 492 g/mol. The summed E-state index contributed by atoms with van der Waals surface area (Å²) in [7, 11) is 6.15. The number of aliphatic hydroxyl groups excluding tert-OH is 2. The fourth-order valence-corrected chi connectivity index (χ4v) is 3.68. The van der Waals surface area contributed by atoms with E-state index in [0.29, 0.717) is 41.5 Å². The Hall–Kier alpha value is -3.54. The number of aliphatic hydroxyl groups is 2. The Morgan fingerprint density at radius 3 is 2.20 bits per heavy atom. The average Bonchev–Trinajstić information content (AvgIpc) is 2.85. The molecule has 0 fully saturated rings. The smallest absolute Gasteiger partial charge is 0.244 e. The molecule has 10 nitrogen and oxygen atoms in total. The highest BCUT2D eigenvalue weighted by Gasteiger charge is 2.27. The van der Waals surface area contributed by atoms with Crippen LogP contribution in [0.3, 0.4) is 0 Å². The number of carbonyl (C=O) groups excluding carboxylic acids is 1. The zero-order valence-electron chi connectivity index (χ0n) is 20.0. The van der Waals surface area contributed by atoms with Crippen molar-refractivity contribution in [1.82, 2.24) is 10.2 Å². The highest BCUT2D eigenvalue weighted by molar-refractivity contribution is 5.94. The van der Waals surface area contributed by atoms with Gasteiger partial charge in [-0.15, -0.1) is 0 Å². The first-order valence-electron chi connectivity index (χ1n) is 10.8. The van der Waals surface area contributed by atoms with Crippen LogP contribution in [0.5, 0.6) is 23.0 Å². The molecule has 35 heavy (non-hydrogen) atoms. The summed E-state index contributed by atoms with van der Waals surface area (Å²) in [5.41, 5.74) is 2.34. The Kier molecular flexibility index (Phi) is 8.74. The molecule has 0 radical (unpaired) electrons. The van der Waals surface area contributed by atoms with Gasteiger partial charge in [0.2, 0.25) is 11.7 Å². The Morgan fingerprint density at radius 1 is 0.971 bits per heavy atom. The van der Waals surface area contributed by atoms with Crippen LogP contribution in [0.1, 0.15) is 11.1 Å². The van der Waals surface area contributed by atoms with Crippen molar-refractivity contribution in [3.05, 3.63) is 53.5 Å². The first kappa shape index (κ1) is 26.1. The number of ether oxygens (including phenoxy) is 4. The van der Waals surface area contributed by atoms with Crippen LogP contribution >= 0.6 is 0 Å². The van der Waals surface area contributed by atoms with E-state index in [1.165, 1.54) is 7.11 Å². The van der Waals surface area contributed by atoms with Crippen molar-refractivity contribution in [2.24, 2.45) is 0 Å². The second kappa shape index (κ2) is 11.7. The van der Waals surface area contributed by atoms with Crippen LogP contribution in [0.2, 0.25) is 0 Å². The summed E-state index contributed by atoms with van der Waals surface area (Å²) >= 11 is 0. The van der Waals surface area contributed by atoms with Crippen LogP contribution in [-0.2, 0) is 17.6 Å². The molecule has 1 aliphatic rings. The minimum atomic E-state index is -1.62. The lowest BCUT2D eigenvalue weighted by molar-refractivity contribution is -0.121. The Bertz CT molecular complexity index is 1050. The molecule has 1 heterocycles. The molecule has 2 aromatic rings. The second-order valence-electron chi connectivity index (χ2n) is 7.75. The molecule has 2 aromatic carbocycles. The van der Waals surface area contributed by atoms with Gasteiger partial charge in [-0.25, -0.2) is 9.71 Å². The molecule has 3 rings (SSSR count). The number of carbonyl (C=O) groups is 1. The maximum absolute atomic E-state index is 13.6. The van der Waals surface area contributed by atoms with Crippen molar-refractivity contribution >= 4 is 11.6 Å². The molecule has 0 aliphatic carbocycles. The molecule has 1 aliphatic heterocycles. The van der Waals surface area contributed by atoms with E-state index in [-0.39, 0.29) is 6.54 Å². The first-order valence-corrected chi connectivity index (χ1v) is 10.8. The van der Waals surface area contributed by atoms with Crippen LogP contribution in [0, 0.1) is 0 Å². The van der Waals surface area contributed by atoms with Crippen molar-refractivity contribution < 1.29 is 38.3 Å². The summed E-state index contributed by atoms with van der Waals surface area (Å²) in [4.78, 5) is 13.6. The van der Waals surface area contributed by atoms with E-state index in [9.17, 15) is 19.4 Å². The third-order valence-corrected chi connectivity index (χ3v) is 5.46. The van der Waals surface area contributed by atoms with Crippen molar-refractivity contribution in [3.63, 3.8) is 0 Å². The molecule has 4 N–H and O–H groups in total. The number of nitrogens with one attached hydrogen (secondary N) is 2. The third kappa shape index (κ3) is 6.32. The van der Waals surface area contributed by atoms with Crippen LogP contribution in [0.4, 0.5) is 10.1 Å². The van der Waals surface area contributed by atoms with E-state index in [4.69, 9.17) is 18.9 Å². The minimum absolute atomic E-state index is 0.354. The predicted molar refractivity (Wildman–Crippen MR) is 126 cm³/mol. The summed E-state index contributed by atoms with van der Waals surface area (Å²) in [6.07, 6.45) is -0.842. The Balaban J connectivity index is 1.72. The SMILES string of the molecule is COc1ccc(CCc2cc(OC)c(OC)c(OC)c2)cc1NC(=O)CN1C=C(F)C(O)NC1O. The van der Waals surface area contributed by atoms with Crippen molar-refractivity contribution in [2.45, 2.75) is 25.4 Å². The van der Waals surface area contributed by atoms with Gasteiger partial charge in [0, 0.05) is 6.20 Å². The van der Waals surface area contributed by atoms with Gasteiger partial charge in [0.15, 0.2) is 29.9 Å². The summed E-state index contributed by atoms with van der Waals surface area (Å²) in [6, 6.07) is 9.20. The number of amides is 1. The zero-order chi connectivity index (χ0) is 25.5. The molecule has 2 atom stereocenters. The van der Waals surface area contributed by atoms with E-state index in [0.717, 1.165) is 22.2 Å². The van der Waals surface area contributed by atoms with Gasteiger partial charge in [0.05, 0.1) is 34.1 Å². The number of hydrogen-bond donors (Lipinski definition) is 4. The third-order valence-electron chi connectivity index (χ3n) is 5.46. The van der Waals surface area contributed by atoms with Crippen LogP contribution < -0.4 is 29.6 Å². The number of anilines is 1. The Morgan fingerprint density at radius 2 is 1.60 bits per heavy atom. The monoisotopic (exact) mass is 491 g/mol. The molecule has 0 aromatic heterocycles. The molecule has 0 spiro atoms. The van der Waals surface area contributed by atoms with Crippen LogP contribution in [0.25, 0.3) is 0 Å². The molecule has 11 heteroatoms. The number of aryl methyl sites for hydroxylation is 2. The normalized spacial score (nSPS) is 17.5. The van der Waals surface area contributed by atoms with E-state index in [1.54, 1.807) is 33.5 Å². The fourth-order valence-electron chi connectivity index (χ4n) is 3.68. The van der Waals surface area contributed by atoms with Gasteiger partial charge < -0.3 is 39.4 Å². The lowest BCUT2D eigenvalue weighted by atomic mass is 10.0. The van der Waals surface area contributed by atoms with E-state index in [1.807, 2.05) is 18.2 Å².